The van der Waals surface area contributed by atoms with E-state index in [9.17, 15) is 8.42 Å². The average Bonchev–Trinajstić information content (AvgIpc) is 2.04. The molecule has 0 heterocycles. The topological polar surface area (TPSA) is 66.4 Å². The molecule has 0 aromatic rings. The minimum Gasteiger partial charge on any atom is -0.313 e. The van der Waals surface area contributed by atoms with Crippen molar-refractivity contribution in [3.63, 3.8) is 0 Å². The number of allylic oxidation sites excluding steroid dienone is 1. The van der Waals surface area contributed by atoms with Crippen LogP contribution in [0.1, 0.15) is 19.3 Å². The first-order valence-electron chi connectivity index (χ1n) is 4.41. The Morgan fingerprint density at radius 1 is 1.46 bits per heavy atom. The highest BCUT2D eigenvalue weighted by Crippen LogP contribution is 2.09. The Morgan fingerprint density at radius 2 is 2.23 bits per heavy atom. The minimum atomic E-state index is -3.81. The Bertz CT molecular complexity index is 271. The molecule has 76 valence electrons. The molecule has 0 aromatic heterocycles. The van der Waals surface area contributed by atoms with E-state index in [0.29, 0.717) is 12.6 Å². The molecule has 2 N–H and O–H groups in total. The maximum atomic E-state index is 10.4. The number of hydrogen-bond acceptors (Lipinski definition) is 3. The molecule has 13 heavy (non-hydrogen) atoms. The van der Waals surface area contributed by atoms with Crippen molar-refractivity contribution in [1.82, 2.24) is 5.32 Å². The predicted octanol–water partition coefficient (Wildman–Crippen LogP) is 0.573. The van der Waals surface area contributed by atoms with E-state index in [1.807, 2.05) is 0 Å². The molecule has 5 heteroatoms. The van der Waals surface area contributed by atoms with Crippen molar-refractivity contribution >= 4 is 10.1 Å². The maximum absolute atomic E-state index is 10.4. The summed E-state index contributed by atoms with van der Waals surface area (Å²) in [6.07, 6.45) is 7.26. The lowest BCUT2D eigenvalue weighted by atomic mass is 10.0. The lowest BCUT2D eigenvalue weighted by molar-refractivity contribution is 0.463. The first kappa shape index (κ1) is 10.7. The molecule has 1 rings (SSSR count). The fourth-order valence-corrected chi connectivity index (χ4v) is 1.75. The van der Waals surface area contributed by atoms with Crippen molar-refractivity contribution in [2.24, 2.45) is 0 Å². The van der Waals surface area contributed by atoms with E-state index in [2.05, 4.69) is 17.5 Å². The first-order valence-corrected chi connectivity index (χ1v) is 6.02. The van der Waals surface area contributed by atoms with Crippen LogP contribution in [-0.2, 0) is 10.1 Å². The second kappa shape index (κ2) is 4.74. The van der Waals surface area contributed by atoms with E-state index in [0.717, 1.165) is 19.3 Å². The lowest BCUT2D eigenvalue weighted by Gasteiger charge is -2.18. The Labute approximate surface area is 78.8 Å². The zero-order valence-corrected chi connectivity index (χ0v) is 8.26. The smallest absolute Gasteiger partial charge is 0.266 e. The third-order valence-electron chi connectivity index (χ3n) is 2.06. The minimum absolute atomic E-state index is 0.201. The Balaban J connectivity index is 2.16. The van der Waals surface area contributed by atoms with Crippen LogP contribution in [-0.4, -0.2) is 31.3 Å². The van der Waals surface area contributed by atoms with Gasteiger partial charge in [0.15, 0.2) is 0 Å². The summed E-state index contributed by atoms with van der Waals surface area (Å²) in [5.74, 6) is -0.201. The highest BCUT2D eigenvalue weighted by atomic mass is 32.2. The molecule has 0 amide bonds. The normalized spacial score (nSPS) is 23.3. The number of nitrogens with one attached hydrogen (secondary N) is 1. The van der Waals surface area contributed by atoms with Crippen LogP contribution in [0.4, 0.5) is 0 Å². The first-order chi connectivity index (χ1) is 6.08. The fourth-order valence-electron chi connectivity index (χ4n) is 1.37. The van der Waals surface area contributed by atoms with Gasteiger partial charge in [0.2, 0.25) is 0 Å². The maximum Gasteiger partial charge on any atom is 0.266 e. The van der Waals surface area contributed by atoms with Gasteiger partial charge in [0.05, 0.1) is 5.75 Å². The quantitative estimate of drug-likeness (QED) is 0.520. The van der Waals surface area contributed by atoms with Crippen LogP contribution in [0.5, 0.6) is 0 Å². The highest BCUT2D eigenvalue weighted by Gasteiger charge is 2.10. The van der Waals surface area contributed by atoms with Gasteiger partial charge in [0, 0.05) is 12.6 Å². The van der Waals surface area contributed by atoms with Gasteiger partial charge in [-0.3, -0.25) is 4.55 Å². The van der Waals surface area contributed by atoms with E-state index in [4.69, 9.17) is 4.55 Å². The third-order valence-corrected chi connectivity index (χ3v) is 2.78. The summed E-state index contributed by atoms with van der Waals surface area (Å²) in [4.78, 5) is 0. The largest absolute Gasteiger partial charge is 0.313 e. The lowest BCUT2D eigenvalue weighted by Crippen LogP contribution is -2.33. The van der Waals surface area contributed by atoms with E-state index in [1.165, 1.54) is 0 Å². The van der Waals surface area contributed by atoms with E-state index >= 15 is 0 Å². The molecule has 1 aliphatic rings. The highest BCUT2D eigenvalue weighted by molar-refractivity contribution is 7.85. The van der Waals surface area contributed by atoms with E-state index < -0.39 is 10.1 Å². The molecule has 1 aliphatic carbocycles. The molecule has 4 nitrogen and oxygen atoms in total. The van der Waals surface area contributed by atoms with Crippen molar-refractivity contribution in [2.45, 2.75) is 25.3 Å². The molecule has 0 bridgehead atoms. The van der Waals surface area contributed by atoms with Crippen molar-refractivity contribution in [2.75, 3.05) is 12.3 Å². The zero-order chi connectivity index (χ0) is 9.73. The second-order valence-electron chi connectivity index (χ2n) is 3.22. The van der Waals surface area contributed by atoms with Crippen LogP contribution in [0.2, 0.25) is 0 Å². The Kier molecular flexibility index (Phi) is 3.90. The summed E-state index contributed by atoms with van der Waals surface area (Å²) < 4.78 is 29.2. The summed E-state index contributed by atoms with van der Waals surface area (Å²) in [6, 6.07) is 0.367. The molecule has 0 unspecified atom stereocenters. The van der Waals surface area contributed by atoms with Gasteiger partial charge < -0.3 is 5.32 Å². The van der Waals surface area contributed by atoms with Gasteiger partial charge in [-0.2, -0.15) is 8.42 Å². The van der Waals surface area contributed by atoms with Gasteiger partial charge in [0.1, 0.15) is 0 Å². The van der Waals surface area contributed by atoms with Gasteiger partial charge in [-0.15, -0.1) is 0 Å². The average molecular weight is 205 g/mol. The van der Waals surface area contributed by atoms with Gasteiger partial charge in [0.25, 0.3) is 10.1 Å². The molecule has 0 radical (unpaired) electrons. The molecule has 0 saturated heterocycles. The van der Waals surface area contributed by atoms with Gasteiger partial charge >= 0.3 is 0 Å². The van der Waals surface area contributed by atoms with Crippen LogP contribution in [0.15, 0.2) is 12.2 Å². The van der Waals surface area contributed by atoms with Crippen LogP contribution in [0.25, 0.3) is 0 Å². The Hall–Kier alpha value is -0.390. The fraction of sp³-hybridized carbons (Fsp3) is 0.750. The Morgan fingerprint density at radius 3 is 2.77 bits per heavy atom. The zero-order valence-electron chi connectivity index (χ0n) is 7.44. The summed E-state index contributed by atoms with van der Waals surface area (Å²) in [7, 11) is -3.81. The SMILES string of the molecule is O=S(=O)(O)CCN[C@H]1CC=CCC1. The van der Waals surface area contributed by atoms with Crippen LogP contribution < -0.4 is 5.32 Å². The van der Waals surface area contributed by atoms with Gasteiger partial charge in [-0.05, 0) is 19.3 Å². The predicted molar refractivity (Wildman–Crippen MR) is 51.2 cm³/mol. The van der Waals surface area contributed by atoms with E-state index in [1.54, 1.807) is 0 Å². The van der Waals surface area contributed by atoms with Crippen molar-refractivity contribution < 1.29 is 13.0 Å². The molecule has 0 aliphatic heterocycles. The van der Waals surface area contributed by atoms with Gasteiger partial charge in [-0.1, -0.05) is 12.2 Å². The summed E-state index contributed by atoms with van der Waals surface area (Å²) in [6.45, 7) is 0.331. The molecular formula is C8H15NO3S. The van der Waals surface area contributed by atoms with Crippen molar-refractivity contribution in [3.8, 4) is 0 Å². The number of rotatable bonds is 4. The standard InChI is InChI=1S/C8H15NO3S/c10-13(11,12)7-6-9-8-4-2-1-3-5-8/h1-2,8-9H,3-7H2,(H,10,11,12)/t8-/m0/s1. The summed E-state index contributed by atoms with van der Waals surface area (Å²) in [5, 5.41) is 3.09. The van der Waals surface area contributed by atoms with Gasteiger partial charge in [-0.25, -0.2) is 0 Å². The van der Waals surface area contributed by atoms with Crippen LogP contribution in [0, 0.1) is 0 Å². The summed E-state index contributed by atoms with van der Waals surface area (Å²) >= 11 is 0. The van der Waals surface area contributed by atoms with Crippen molar-refractivity contribution in [3.05, 3.63) is 12.2 Å². The van der Waals surface area contributed by atoms with Crippen LogP contribution in [0.3, 0.4) is 0 Å². The van der Waals surface area contributed by atoms with Crippen molar-refractivity contribution in [1.29, 1.82) is 0 Å². The molecule has 1 atom stereocenters. The third kappa shape index (κ3) is 5.02. The summed E-state index contributed by atoms with van der Waals surface area (Å²) in [5.41, 5.74) is 0. The van der Waals surface area contributed by atoms with Crippen LogP contribution >= 0.6 is 0 Å². The molecule has 0 spiro atoms. The molecular weight excluding hydrogens is 190 g/mol. The molecule has 0 aromatic carbocycles. The number of hydrogen-bond donors (Lipinski definition) is 2. The second-order valence-corrected chi connectivity index (χ2v) is 4.79. The molecule has 0 fully saturated rings. The molecule has 0 saturated carbocycles. The van der Waals surface area contributed by atoms with E-state index in [-0.39, 0.29) is 5.75 Å². The monoisotopic (exact) mass is 205 g/mol.